The van der Waals surface area contributed by atoms with Crippen molar-refractivity contribution in [1.82, 2.24) is 5.32 Å². The lowest BCUT2D eigenvalue weighted by molar-refractivity contribution is 0.414. The number of nitrogens with one attached hydrogen (secondary N) is 1. The zero-order valence-corrected chi connectivity index (χ0v) is 12.2. The minimum absolute atomic E-state index is 0.150. The van der Waals surface area contributed by atoms with Gasteiger partial charge in [0.1, 0.15) is 11.6 Å². The van der Waals surface area contributed by atoms with E-state index < -0.39 is 0 Å². The van der Waals surface area contributed by atoms with E-state index in [4.69, 9.17) is 16.3 Å². The highest BCUT2D eigenvalue weighted by Crippen LogP contribution is 2.19. The monoisotopic (exact) mass is 293 g/mol. The van der Waals surface area contributed by atoms with Crippen LogP contribution in [-0.4, -0.2) is 7.11 Å². The predicted octanol–water partition coefficient (Wildman–Crippen LogP) is 4.34. The summed E-state index contributed by atoms with van der Waals surface area (Å²) in [7, 11) is 1.64. The Morgan fingerprint density at radius 1 is 1.20 bits per heavy atom. The third-order valence-corrected chi connectivity index (χ3v) is 3.52. The molecule has 0 aliphatic heterocycles. The van der Waals surface area contributed by atoms with E-state index in [0.717, 1.165) is 16.9 Å². The molecule has 0 bridgehead atoms. The molecule has 0 amide bonds. The van der Waals surface area contributed by atoms with E-state index >= 15 is 0 Å². The molecular formula is C16H17ClFNO. The van der Waals surface area contributed by atoms with Gasteiger partial charge in [-0.3, -0.25) is 0 Å². The molecule has 0 heterocycles. The van der Waals surface area contributed by atoms with Crippen LogP contribution in [-0.2, 0) is 6.54 Å². The first-order valence-corrected chi connectivity index (χ1v) is 6.79. The van der Waals surface area contributed by atoms with Gasteiger partial charge in [0.05, 0.1) is 12.1 Å². The molecule has 0 saturated carbocycles. The van der Waals surface area contributed by atoms with Crippen LogP contribution in [0.2, 0.25) is 5.02 Å². The number of hydrogen-bond acceptors (Lipinski definition) is 2. The topological polar surface area (TPSA) is 21.3 Å². The second-order valence-corrected chi connectivity index (χ2v) is 5.03. The lowest BCUT2D eigenvalue weighted by Gasteiger charge is -2.15. The summed E-state index contributed by atoms with van der Waals surface area (Å²) in [5.74, 6) is 0.448. The molecule has 0 aromatic heterocycles. The van der Waals surface area contributed by atoms with Gasteiger partial charge >= 0.3 is 0 Å². The van der Waals surface area contributed by atoms with Crippen molar-refractivity contribution in [3.63, 3.8) is 0 Å². The maximum atomic E-state index is 13.3. The van der Waals surface area contributed by atoms with Crippen molar-refractivity contribution in [3.05, 3.63) is 64.4 Å². The Balaban J connectivity index is 1.96. The Kier molecular flexibility index (Phi) is 4.99. The molecular weight excluding hydrogens is 277 g/mol. The smallest absolute Gasteiger partial charge is 0.142 e. The van der Waals surface area contributed by atoms with Crippen LogP contribution < -0.4 is 10.1 Å². The summed E-state index contributed by atoms with van der Waals surface area (Å²) < 4.78 is 18.5. The summed E-state index contributed by atoms with van der Waals surface area (Å²) in [5.41, 5.74) is 2.02. The summed E-state index contributed by atoms with van der Waals surface area (Å²) >= 11 is 5.66. The van der Waals surface area contributed by atoms with Gasteiger partial charge in [-0.1, -0.05) is 29.8 Å². The fraction of sp³-hybridized carbons (Fsp3) is 0.250. The van der Waals surface area contributed by atoms with Gasteiger partial charge in [0.25, 0.3) is 0 Å². The van der Waals surface area contributed by atoms with Gasteiger partial charge < -0.3 is 10.1 Å². The Labute approximate surface area is 123 Å². The molecule has 0 radical (unpaired) electrons. The quantitative estimate of drug-likeness (QED) is 0.885. The molecule has 0 saturated heterocycles. The lowest BCUT2D eigenvalue weighted by Crippen LogP contribution is -2.18. The van der Waals surface area contributed by atoms with Crippen LogP contribution in [0, 0.1) is 5.82 Å². The van der Waals surface area contributed by atoms with Crippen molar-refractivity contribution < 1.29 is 9.13 Å². The van der Waals surface area contributed by atoms with E-state index in [-0.39, 0.29) is 16.9 Å². The largest absolute Gasteiger partial charge is 0.497 e. The highest BCUT2D eigenvalue weighted by molar-refractivity contribution is 6.30. The van der Waals surface area contributed by atoms with Crippen LogP contribution in [0.5, 0.6) is 5.75 Å². The molecule has 0 unspecified atom stereocenters. The normalized spacial score (nSPS) is 12.2. The maximum absolute atomic E-state index is 13.3. The van der Waals surface area contributed by atoms with Crippen molar-refractivity contribution >= 4 is 11.6 Å². The Bertz CT molecular complexity index is 571. The molecule has 0 fully saturated rings. The predicted molar refractivity (Wildman–Crippen MR) is 79.7 cm³/mol. The standard InChI is InChI=1S/C16H17ClFNO/c1-11(13-4-6-14(20-2)7-5-13)19-10-12-3-8-15(17)16(18)9-12/h3-9,11,19H,10H2,1-2H3/t11-/m1/s1. The minimum atomic E-state index is -0.386. The summed E-state index contributed by atoms with van der Waals surface area (Å²) in [5, 5.41) is 3.50. The summed E-state index contributed by atoms with van der Waals surface area (Å²) in [4.78, 5) is 0. The van der Waals surface area contributed by atoms with Gasteiger partial charge in [0.15, 0.2) is 0 Å². The molecule has 0 aliphatic rings. The van der Waals surface area contributed by atoms with Gasteiger partial charge in [0, 0.05) is 12.6 Å². The molecule has 2 aromatic carbocycles. The Hall–Kier alpha value is -1.58. The van der Waals surface area contributed by atoms with E-state index in [1.165, 1.54) is 6.07 Å². The molecule has 4 heteroatoms. The third kappa shape index (κ3) is 3.71. The van der Waals surface area contributed by atoms with Crippen molar-refractivity contribution in [1.29, 1.82) is 0 Å². The summed E-state index contributed by atoms with van der Waals surface area (Å²) in [6, 6.07) is 12.9. The van der Waals surface area contributed by atoms with Crippen molar-refractivity contribution in [2.45, 2.75) is 19.5 Å². The zero-order chi connectivity index (χ0) is 14.5. The van der Waals surface area contributed by atoms with E-state index in [0.29, 0.717) is 6.54 Å². The van der Waals surface area contributed by atoms with Crippen molar-refractivity contribution in [2.75, 3.05) is 7.11 Å². The molecule has 2 aromatic rings. The zero-order valence-electron chi connectivity index (χ0n) is 11.5. The van der Waals surface area contributed by atoms with Crippen molar-refractivity contribution in [3.8, 4) is 5.75 Å². The van der Waals surface area contributed by atoms with Gasteiger partial charge in [-0.15, -0.1) is 0 Å². The second-order valence-electron chi connectivity index (χ2n) is 4.62. The number of methoxy groups -OCH3 is 1. The molecule has 106 valence electrons. The maximum Gasteiger partial charge on any atom is 0.142 e. The van der Waals surface area contributed by atoms with Gasteiger partial charge in [-0.25, -0.2) is 4.39 Å². The van der Waals surface area contributed by atoms with E-state index in [1.54, 1.807) is 13.2 Å². The lowest BCUT2D eigenvalue weighted by atomic mass is 10.1. The fourth-order valence-electron chi connectivity index (χ4n) is 1.93. The number of ether oxygens (including phenoxy) is 1. The molecule has 20 heavy (non-hydrogen) atoms. The average molecular weight is 294 g/mol. The van der Waals surface area contributed by atoms with Crippen LogP contribution in [0.15, 0.2) is 42.5 Å². The SMILES string of the molecule is COc1ccc([C@@H](C)NCc2ccc(Cl)c(F)c2)cc1. The molecule has 0 aliphatic carbocycles. The van der Waals surface area contributed by atoms with E-state index in [1.807, 2.05) is 30.3 Å². The fourth-order valence-corrected chi connectivity index (χ4v) is 2.05. The first kappa shape index (κ1) is 14.8. The molecule has 2 nitrogen and oxygen atoms in total. The Morgan fingerprint density at radius 3 is 2.50 bits per heavy atom. The van der Waals surface area contributed by atoms with Crippen LogP contribution >= 0.6 is 11.6 Å². The van der Waals surface area contributed by atoms with Gasteiger partial charge in [0.2, 0.25) is 0 Å². The summed E-state index contributed by atoms with van der Waals surface area (Å²) in [6.07, 6.45) is 0. The van der Waals surface area contributed by atoms with Crippen LogP contribution in [0.3, 0.4) is 0 Å². The number of halogens is 2. The van der Waals surface area contributed by atoms with Crippen LogP contribution in [0.1, 0.15) is 24.1 Å². The highest BCUT2D eigenvalue weighted by Gasteiger charge is 2.06. The average Bonchev–Trinajstić information content (AvgIpc) is 2.48. The molecule has 1 atom stereocenters. The number of rotatable bonds is 5. The van der Waals surface area contributed by atoms with Gasteiger partial charge in [-0.05, 0) is 42.3 Å². The van der Waals surface area contributed by atoms with Crippen LogP contribution in [0.25, 0.3) is 0 Å². The molecule has 2 rings (SSSR count). The first-order valence-electron chi connectivity index (χ1n) is 6.41. The highest BCUT2D eigenvalue weighted by atomic mass is 35.5. The van der Waals surface area contributed by atoms with Crippen LogP contribution in [0.4, 0.5) is 4.39 Å². The molecule has 1 N–H and O–H groups in total. The summed E-state index contributed by atoms with van der Waals surface area (Å²) in [6.45, 7) is 2.65. The number of hydrogen-bond donors (Lipinski definition) is 1. The molecule has 0 spiro atoms. The first-order chi connectivity index (χ1) is 9.60. The Morgan fingerprint density at radius 2 is 1.90 bits per heavy atom. The van der Waals surface area contributed by atoms with E-state index in [2.05, 4.69) is 12.2 Å². The van der Waals surface area contributed by atoms with E-state index in [9.17, 15) is 4.39 Å². The van der Waals surface area contributed by atoms with Gasteiger partial charge in [-0.2, -0.15) is 0 Å². The number of benzene rings is 2. The third-order valence-electron chi connectivity index (χ3n) is 3.21. The minimum Gasteiger partial charge on any atom is -0.497 e. The van der Waals surface area contributed by atoms with Crippen molar-refractivity contribution in [2.24, 2.45) is 0 Å². The second kappa shape index (κ2) is 6.73.